The molecule has 1 aliphatic rings. The van der Waals surface area contributed by atoms with Crippen LogP contribution >= 0.6 is 0 Å². The van der Waals surface area contributed by atoms with Crippen LogP contribution in [-0.4, -0.2) is 81.3 Å². The Hall–Kier alpha value is -6.89. The second kappa shape index (κ2) is 18.2. The highest BCUT2D eigenvalue weighted by molar-refractivity contribution is 7.94. The van der Waals surface area contributed by atoms with Gasteiger partial charge in [-0.15, -0.1) is 0 Å². The van der Waals surface area contributed by atoms with Crippen LogP contribution in [-0.2, 0) is 42.2 Å². The average molecular weight is 861 g/mol. The number of nitrogens with one attached hydrogen (secondary N) is 2. The number of carbonyl (C=O) groups excluding carboxylic acids is 4. The van der Waals surface area contributed by atoms with Gasteiger partial charge in [0.25, 0.3) is 0 Å². The maximum atomic E-state index is 14.2. The maximum Gasteiger partial charge on any atom is 0.327 e. The number of hydrogen-bond donors (Lipinski definition) is 2. The molecule has 0 saturated heterocycles. The van der Waals surface area contributed by atoms with Gasteiger partial charge in [0.2, 0.25) is 23.6 Å². The number of amides is 4. The van der Waals surface area contributed by atoms with Gasteiger partial charge >= 0.3 is 10.2 Å². The van der Waals surface area contributed by atoms with Crippen molar-refractivity contribution in [3.05, 3.63) is 143 Å². The van der Waals surface area contributed by atoms with E-state index in [-0.39, 0.29) is 35.3 Å². The molecule has 1 unspecified atom stereocenters. The van der Waals surface area contributed by atoms with Gasteiger partial charge in [-0.25, -0.2) is 26.2 Å². The van der Waals surface area contributed by atoms with E-state index in [2.05, 4.69) is 20.6 Å². The molecule has 2 N–H and O–H groups in total. The number of anilines is 4. The van der Waals surface area contributed by atoms with Gasteiger partial charge in [-0.1, -0.05) is 12.1 Å². The Morgan fingerprint density at radius 3 is 1.30 bits per heavy atom. The van der Waals surface area contributed by atoms with Crippen LogP contribution in [0.4, 0.5) is 40.3 Å². The zero-order valence-electron chi connectivity index (χ0n) is 33.3. The summed E-state index contributed by atoms with van der Waals surface area (Å²) in [6.07, 6.45) is 2.09. The van der Waals surface area contributed by atoms with Gasteiger partial charge < -0.3 is 20.4 Å². The summed E-state index contributed by atoms with van der Waals surface area (Å²) in [5.41, 5.74) is 2.08. The summed E-state index contributed by atoms with van der Waals surface area (Å²) < 4.78 is 86.6. The number of benzene rings is 3. The van der Waals surface area contributed by atoms with Crippen molar-refractivity contribution in [2.75, 3.05) is 45.6 Å². The Kier molecular flexibility index (Phi) is 13.0. The van der Waals surface area contributed by atoms with Gasteiger partial charge in [0.05, 0.1) is 35.1 Å². The van der Waals surface area contributed by atoms with Crippen LogP contribution in [0.5, 0.6) is 0 Å². The summed E-state index contributed by atoms with van der Waals surface area (Å²) >= 11 is 0. The monoisotopic (exact) mass is 860 g/mol. The lowest BCUT2D eigenvalue weighted by Crippen LogP contribution is -2.53. The van der Waals surface area contributed by atoms with E-state index >= 15 is 0 Å². The number of aromatic nitrogens is 2. The van der Waals surface area contributed by atoms with E-state index in [1.165, 1.54) is 60.6 Å². The van der Waals surface area contributed by atoms with Crippen LogP contribution in [0.1, 0.15) is 22.5 Å². The van der Waals surface area contributed by atoms with Crippen LogP contribution in [0.2, 0.25) is 0 Å². The first kappa shape index (κ1) is 43.7. The zero-order valence-corrected chi connectivity index (χ0v) is 34.1. The molecule has 0 bridgehead atoms. The molecule has 1 aliphatic heterocycles. The lowest BCUT2D eigenvalue weighted by molar-refractivity contribution is -0.126. The number of fused-ring (bicyclic) bond motifs is 1. The van der Waals surface area contributed by atoms with E-state index in [9.17, 15) is 45.2 Å². The van der Waals surface area contributed by atoms with E-state index < -0.39 is 82.3 Å². The highest BCUT2D eigenvalue weighted by Gasteiger charge is 2.43. The van der Waals surface area contributed by atoms with E-state index in [1.807, 2.05) is 0 Å². The molecule has 2 atom stereocenters. The van der Waals surface area contributed by atoms with Gasteiger partial charge in [-0.2, -0.15) is 8.42 Å². The SMILES string of the molecule is Cc1ccc(N(C)C(=O)C(Cc2cc(F)cc(F)c2)NC(=O)CN2c3ccccc3N(CC(=O)N[C@@H](Cc3cc(F)cc(F)c3)C(=O)N(C)c3ccc(C)nc3)S2(=O)=O)cn1. The maximum absolute atomic E-state index is 14.2. The Morgan fingerprint density at radius 2 is 0.967 bits per heavy atom. The Balaban J connectivity index is 1.23. The zero-order chi connectivity index (χ0) is 44.2. The molecule has 3 heterocycles. The quantitative estimate of drug-likeness (QED) is 0.156. The van der Waals surface area contributed by atoms with Crippen molar-refractivity contribution < 1.29 is 45.2 Å². The number of nitrogens with zero attached hydrogens (tertiary/aromatic N) is 6. The number of rotatable bonds is 14. The van der Waals surface area contributed by atoms with E-state index in [1.54, 1.807) is 38.1 Å². The van der Waals surface area contributed by atoms with Crippen LogP contribution in [0.25, 0.3) is 0 Å². The molecule has 5 aromatic rings. The predicted octanol–water partition coefficient (Wildman–Crippen LogP) is 4.30. The molecule has 4 amide bonds. The highest BCUT2D eigenvalue weighted by atomic mass is 32.2. The number of para-hydroxylation sites is 2. The van der Waals surface area contributed by atoms with Gasteiger partial charge in [0, 0.05) is 50.5 Å². The van der Waals surface area contributed by atoms with Crippen molar-refractivity contribution >= 4 is 56.6 Å². The molecule has 0 fully saturated rings. The highest BCUT2D eigenvalue weighted by Crippen LogP contribution is 2.40. The van der Waals surface area contributed by atoms with Crippen molar-refractivity contribution in [1.82, 2.24) is 20.6 Å². The minimum atomic E-state index is -4.72. The first-order valence-electron chi connectivity index (χ1n) is 18.7. The molecule has 61 heavy (non-hydrogen) atoms. The molecule has 0 radical (unpaired) electrons. The van der Waals surface area contributed by atoms with Gasteiger partial charge in [0.15, 0.2) is 0 Å². The van der Waals surface area contributed by atoms with Gasteiger partial charge in [0.1, 0.15) is 48.4 Å². The molecule has 14 nitrogen and oxygen atoms in total. The third-order valence-electron chi connectivity index (χ3n) is 9.77. The normalized spacial score (nSPS) is 13.8. The standard InChI is InChI=1S/C42H40F4N8O6S/c1-25-9-11-33(21-47-25)51(3)41(57)35(17-27-13-29(43)19-30(44)14-27)49-39(55)23-53-37-7-5-6-8-38(37)54(61(53,59)60)24-40(56)50-36(18-28-15-31(45)20-32(46)16-28)42(58)52(4)34-12-10-26(2)48-22-34/h5-16,19-22,35-36H,17-18,23-24H2,1-4H3,(H,49,55)(H,50,56)/t35-,36?/m0/s1. The molecule has 0 aliphatic carbocycles. The van der Waals surface area contributed by atoms with Crippen molar-refractivity contribution in [1.29, 1.82) is 0 Å². The number of hydrogen-bond acceptors (Lipinski definition) is 8. The van der Waals surface area contributed by atoms with Gasteiger partial charge in [-0.3, -0.25) is 29.1 Å². The smallest absolute Gasteiger partial charge is 0.327 e. The van der Waals surface area contributed by atoms with Crippen molar-refractivity contribution in [3.63, 3.8) is 0 Å². The molecule has 2 aromatic heterocycles. The fourth-order valence-electron chi connectivity index (χ4n) is 6.70. The Labute approximate surface area is 349 Å². The molecule has 0 saturated carbocycles. The largest absolute Gasteiger partial charge is 0.342 e. The van der Waals surface area contributed by atoms with E-state index in [0.717, 1.165) is 32.9 Å². The number of halogens is 4. The molecular weight excluding hydrogens is 821 g/mol. The molecule has 318 valence electrons. The third kappa shape index (κ3) is 10.3. The lowest BCUT2D eigenvalue weighted by atomic mass is 10.0. The second-order valence-electron chi connectivity index (χ2n) is 14.3. The van der Waals surface area contributed by atoms with Crippen LogP contribution in [0.15, 0.2) is 97.3 Å². The summed E-state index contributed by atoms with van der Waals surface area (Å²) in [6, 6.07) is 14.7. The summed E-state index contributed by atoms with van der Waals surface area (Å²) in [7, 11) is -1.89. The van der Waals surface area contributed by atoms with Crippen LogP contribution in [0.3, 0.4) is 0 Å². The average Bonchev–Trinajstić information content (AvgIpc) is 3.40. The lowest BCUT2D eigenvalue weighted by Gasteiger charge is -2.27. The number of likely N-dealkylation sites (N-methyl/N-ethyl adjacent to an activating group) is 2. The van der Waals surface area contributed by atoms with Crippen LogP contribution < -0.4 is 29.0 Å². The van der Waals surface area contributed by atoms with Crippen molar-refractivity contribution in [2.45, 2.75) is 38.8 Å². The summed E-state index contributed by atoms with van der Waals surface area (Å²) in [5, 5.41) is 5.03. The number of aryl methyl sites for hydroxylation is 2. The predicted molar refractivity (Wildman–Crippen MR) is 219 cm³/mol. The Morgan fingerprint density at radius 1 is 0.607 bits per heavy atom. The van der Waals surface area contributed by atoms with E-state index in [4.69, 9.17) is 0 Å². The fourth-order valence-corrected chi connectivity index (χ4v) is 8.30. The minimum Gasteiger partial charge on any atom is -0.342 e. The van der Waals surface area contributed by atoms with Crippen LogP contribution in [0, 0.1) is 37.1 Å². The number of carbonyl (C=O) groups is 4. The third-order valence-corrected chi connectivity index (χ3v) is 11.5. The van der Waals surface area contributed by atoms with Crippen molar-refractivity contribution in [3.8, 4) is 0 Å². The molecule has 19 heteroatoms. The first-order valence-corrected chi connectivity index (χ1v) is 20.1. The molecule has 6 rings (SSSR count). The fraction of sp³-hybridized carbons (Fsp3) is 0.238. The molecule has 0 spiro atoms. The summed E-state index contributed by atoms with van der Waals surface area (Å²) in [5.74, 6) is -7.03. The summed E-state index contributed by atoms with van der Waals surface area (Å²) in [4.78, 5) is 65.9. The molecule has 3 aromatic carbocycles. The van der Waals surface area contributed by atoms with Crippen molar-refractivity contribution in [2.24, 2.45) is 0 Å². The number of pyridine rings is 2. The topological polar surface area (TPSA) is 165 Å². The second-order valence-corrected chi connectivity index (χ2v) is 16.1. The van der Waals surface area contributed by atoms with Gasteiger partial charge in [-0.05, 0) is 85.6 Å². The van der Waals surface area contributed by atoms with E-state index in [0.29, 0.717) is 34.9 Å². The Bertz CT molecular complexity index is 2370. The summed E-state index contributed by atoms with van der Waals surface area (Å²) in [6.45, 7) is 1.70. The first-order chi connectivity index (χ1) is 28.9. The molecular formula is C42H40F4N8O6S. The minimum absolute atomic E-state index is 0.00200.